The number of carbonyl (C=O) groups is 1. The Bertz CT molecular complexity index is 1060. The molecule has 2 aromatic rings. The monoisotopic (exact) mass is 460 g/mol. The van der Waals surface area contributed by atoms with Crippen molar-refractivity contribution < 1.29 is 32.5 Å². The van der Waals surface area contributed by atoms with Crippen molar-refractivity contribution in [2.45, 2.75) is 39.3 Å². The topological polar surface area (TPSA) is 55.8 Å². The Morgan fingerprint density at radius 3 is 2.36 bits per heavy atom. The number of phenolic OH excluding ortho intramolecular Hbond substituents is 1. The number of alkyl halides is 3. The van der Waals surface area contributed by atoms with Gasteiger partial charge in [-0.1, -0.05) is 35.9 Å². The van der Waals surface area contributed by atoms with Gasteiger partial charge < -0.3 is 14.6 Å². The molecule has 2 aromatic carbocycles. The van der Waals surface area contributed by atoms with Crippen molar-refractivity contribution in [3.8, 4) is 11.5 Å². The molecule has 0 heterocycles. The second-order valence-electron chi connectivity index (χ2n) is 8.35. The van der Waals surface area contributed by atoms with Crippen LogP contribution in [0.25, 0.3) is 12.2 Å². The zero-order valence-corrected chi connectivity index (χ0v) is 18.8. The summed E-state index contributed by atoms with van der Waals surface area (Å²) in [5.41, 5.74) is 1.64. The van der Waals surface area contributed by atoms with Crippen LogP contribution in [0.15, 0.2) is 42.0 Å². The lowest BCUT2D eigenvalue weighted by Crippen LogP contribution is -2.09. The van der Waals surface area contributed by atoms with E-state index in [1.165, 1.54) is 19.2 Å². The minimum Gasteiger partial charge on any atom is -0.507 e. The molecule has 1 N–H and O–H groups in total. The number of hydrogen-bond acceptors (Lipinski definition) is 4. The van der Waals surface area contributed by atoms with Crippen LogP contribution in [0.5, 0.6) is 11.5 Å². The SMILES string of the molecule is COC(=O)c1c(C=Cc2ccc(C(F)(F)F)cc2)cc(OCC2CC2)c(CC=C(C)C)c1O. The van der Waals surface area contributed by atoms with E-state index in [-0.39, 0.29) is 11.3 Å². The number of benzene rings is 2. The molecule has 0 radical (unpaired) electrons. The fourth-order valence-electron chi connectivity index (χ4n) is 3.25. The Balaban J connectivity index is 2.03. The first-order chi connectivity index (χ1) is 15.6. The summed E-state index contributed by atoms with van der Waals surface area (Å²) in [6.07, 6.45) is 3.21. The average molecular weight is 460 g/mol. The van der Waals surface area contributed by atoms with E-state index in [0.29, 0.717) is 41.4 Å². The number of aromatic hydroxyl groups is 1. The summed E-state index contributed by atoms with van der Waals surface area (Å²) >= 11 is 0. The fraction of sp³-hybridized carbons (Fsp3) is 0.346. The van der Waals surface area contributed by atoms with Gasteiger partial charge in [0, 0.05) is 5.56 Å². The molecule has 0 atom stereocenters. The summed E-state index contributed by atoms with van der Waals surface area (Å²) in [5, 5.41) is 11.0. The molecule has 176 valence electrons. The predicted octanol–water partition coefficient (Wildman–Crippen LogP) is 6.67. The van der Waals surface area contributed by atoms with Gasteiger partial charge in [0.2, 0.25) is 0 Å². The van der Waals surface area contributed by atoms with Crippen molar-refractivity contribution in [1.29, 1.82) is 0 Å². The van der Waals surface area contributed by atoms with Crippen LogP contribution >= 0.6 is 0 Å². The maximum absolute atomic E-state index is 12.8. The van der Waals surface area contributed by atoms with Crippen LogP contribution in [0.4, 0.5) is 13.2 Å². The Morgan fingerprint density at radius 1 is 1.15 bits per heavy atom. The number of allylic oxidation sites excluding steroid dienone is 2. The van der Waals surface area contributed by atoms with E-state index in [0.717, 1.165) is 30.5 Å². The van der Waals surface area contributed by atoms with Gasteiger partial charge in [0.25, 0.3) is 0 Å². The predicted molar refractivity (Wildman–Crippen MR) is 121 cm³/mol. The first-order valence-electron chi connectivity index (χ1n) is 10.7. The molecule has 0 amide bonds. The molecule has 0 aliphatic heterocycles. The van der Waals surface area contributed by atoms with E-state index in [4.69, 9.17) is 9.47 Å². The molecule has 0 saturated heterocycles. The van der Waals surface area contributed by atoms with Crippen molar-refractivity contribution in [2.75, 3.05) is 13.7 Å². The summed E-state index contributed by atoms with van der Waals surface area (Å²) in [6.45, 7) is 4.38. The average Bonchev–Trinajstić information content (AvgIpc) is 3.59. The van der Waals surface area contributed by atoms with Crippen LogP contribution in [-0.4, -0.2) is 24.8 Å². The van der Waals surface area contributed by atoms with Crippen molar-refractivity contribution in [1.82, 2.24) is 0 Å². The van der Waals surface area contributed by atoms with Crippen LogP contribution in [0, 0.1) is 5.92 Å². The molecule has 0 bridgehead atoms. The van der Waals surface area contributed by atoms with Crippen molar-refractivity contribution in [3.63, 3.8) is 0 Å². The third-order valence-corrected chi connectivity index (χ3v) is 5.36. The maximum Gasteiger partial charge on any atom is 0.416 e. The lowest BCUT2D eigenvalue weighted by molar-refractivity contribution is -0.137. The smallest absolute Gasteiger partial charge is 0.416 e. The Morgan fingerprint density at radius 2 is 1.82 bits per heavy atom. The quantitative estimate of drug-likeness (QED) is 0.272. The summed E-state index contributed by atoms with van der Waals surface area (Å²) in [4.78, 5) is 12.5. The van der Waals surface area contributed by atoms with Crippen molar-refractivity contribution in [3.05, 3.63) is 69.8 Å². The van der Waals surface area contributed by atoms with Gasteiger partial charge in [0.1, 0.15) is 17.1 Å². The second kappa shape index (κ2) is 10.1. The highest BCUT2D eigenvalue weighted by Gasteiger charge is 2.30. The summed E-state index contributed by atoms with van der Waals surface area (Å²) in [5.74, 6) is 0.0120. The van der Waals surface area contributed by atoms with E-state index in [2.05, 4.69) is 0 Å². The van der Waals surface area contributed by atoms with Gasteiger partial charge in [-0.15, -0.1) is 0 Å². The molecule has 1 aliphatic rings. The number of ether oxygens (including phenoxy) is 2. The summed E-state index contributed by atoms with van der Waals surface area (Å²) in [7, 11) is 1.22. The molecule has 1 aliphatic carbocycles. The molecule has 7 heteroatoms. The first-order valence-corrected chi connectivity index (χ1v) is 10.7. The van der Waals surface area contributed by atoms with Crippen LogP contribution in [0.2, 0.25) is 0 Å². The van der Waals surface area contributed by atoms with E-state index >= 15 is 0 Å². The molecule has 1 saturated carbocycles. The fourth-order valence-corrected chi connectivity index (χ4v) is 3.25. The largest absolute Gasteiger partial charge is 0.507 e. The first kappa shape index (κ1) is 24.4. The van der Waals surface area contributed by atoms with Crippen LogP contribution in [0.1, 0.15) is 59.3 Å². The van der Waals surface area contributed by atoms with E-state index < -0.39 is 17.7 Å². The minimum atomic E-state index is -4.42. The highest BCUT2D eigenvalue weighted by Crippen LogP contribution is 2.38. The summed E-state index contributed by atoms with van der Waals surface area (Å²) in [6, 6.07) is 6.33. The van der Waals surface area contributed by atoms with Crippen LogP contribution < -0.4 is 4.74 Å². The Labute approximate surface area is 191 Å². The molecule has 33 heavy (non-hydrogen) atoms. The number of hydrogen-bond donors (Lipinski definition) is 1. The number of phenols is 1. The zero-order valence-electron chi connectivity index (χ0n) is 18.8. The van der Waals surface area contributed by atoms with Crippen molar-refractivity contribution in [2.24, 2.45) is 5.92 Å². The molecule has 0 aromatic heterocycles. The number of carbonyl (C=O) groups excluding carboxylic acids is 1. The molecule has 4 nitrogen and oxygen atoms in total. The lowest BCUT2D eigenvalue weighted by atomic mass is 9.97. The van der Waals surface area contributed by atoms with Crippen LogP contribution in [0.3, 0.4) is 0 Å². The second-order valence-corrected chi connectivity index (χ2v) is 8.35. The molecule has 3 rings (SSSR count). The lowest BCUT2D eigenvalue weighted by Gasteiger charge is -2.17. The third-order valence-electron chi connectivity index (χ3n) is 5.36. The molecule has 0 unspecified atom stereocenters. The molecule has 1 fully saturated rings. The van der Waals surface area contributed by atoms with E-state index in [9.17, 15) is 23.1 Å². The number of halogens is 3. The zero-order chi connectivity index (χ0) is 24.2. The van der Waals surface area contributed by atoms with Gasteiger partial charge in [0.05, 0.1) is 19.3 Å². The normalized spacial score (nSPS) is 13.8. The van der Waals surface area contributed by atoms with Gasteiger partial charge in [-0.3, -0.25) is 0 Å². The number of esters is 1. The van der Waals surface area contributed by atoms with Gasteiger partial charge in [-0.2, -0.15) is 13.2 Å². The molecular weight excluding hydrogens is 433 g/mol. The number of methoxy groups -OCH3 is 1. The van der Waals surface area contributed by atoms with E-state index in [1.807, 2.05) is 19.9 Å². The highest BCUT2D eigenvalue weighted by molar-refractivity contribution is 5.98. The molecular formula is C26H27F3O4. The van der Waals surface area contributed by atoms with Gasteiger partial charge in [-0.25, -0.2) is 4.79 Å². The van der Waals surface area contributed by atoms with E-state index in [1.54, 1.807) is 18.2 Å². The molecule has 0 spiro atoms. The minimum absolute atomic E-state index is 0.0170. The van der Waals surface area contributed by atoms with Crippen LogP contribution in [-0.2, 0) is 17.3 Å². The third kappa shape index (κ3) is 6.40. The van der Waals surface area contributed by atoms with Gasteiger partial charge in [0.15, 0.2) is 0 Å². The summed E-state index contributed by atoms with van der Waals surface area (Å²) < 4.78 is 49.3. The number of rotatable bonds is 8. The van der Waals surface area contributed by atoms with Gasteiger partial charge >= 0.3 is 12.1 Å². The highest BCUT2D eigenvalue weighted by atomic mass is 19.4. The maximum atomic E-state index is 12.8. The van der Waals surface area contributed by atoms with Gasteiger partial charge in [-0.05, 0) is 68.4 Å². The van der Waals surface area contributed by atoms with Crippen molar-refractivity contribution >= 4 is 18.1 Å². The Hall–Kier alpha value is -3.22. The standard InChI is InChI=1S/C26H27F3O4/c1-16(2)4-13-21-22(33-15-18-5-6-18)14-19(23(24(21)30)25(31)32-3)10-7-17-8-11-20(12-9-17)26(27,28)29/h4,7-12,14,18,30H,5-6,13,15H2,1-3H3. The Kier molecular flexibility index (Phi) is 7.51.